The highest BCUT2D eigenvalue weighted by Gasteiger charge is 2.29. The number of nitrogens with two attached hydrogens (primary N) is 1. The zero-order chi connectivity index (χ0) is 18.0. The van der Waals surface area contributed by atoms with Gasteiger partial charge in [0.05, 0.1) is 30.7 Å². The summed E-state index contributed by atoms with van der Waals surface area (Å²) >= 11 is 0. The van der Waals surface area contributed by atoms with Crippen LogP contribution in [0.3, 0.4) is 0 Å². The number of anilines is 1. The molecule has 3 rings (SSSR count). The number of ketones is 1. The third-order valence-electron chi connectivity index (χ3n) is 4.36. The number of nitrogens with zero attached hydrogens (tertiary/aromatic N) is 3. The van der Waals surface area contributed by atoms with E-state index in [-0.39, 0.29) is 18.5 Å². The van der Waals surface area contributed by atoms with Crippen molar-refractivity contribution in [3.05, 3.63) is 59.9 Å². The molecule has 0 saturated carbocycles. The zero-order valence-electron chi connectivity index (χ0n) is 14.9. The molecule has 1 atom stereocenters. The molecule has 2 aromatic rings. The van der Waals surface area contributed by atoms with Gasteiger partial charge in [0.1, 0.15) is 0 Å². The van der Waals surface area contributed by atoms with Gasteiger partial charge in [-0.2, -0.15) is 0 Å². The first kappa shape index (κ1) is 17.3. The fraction of sp³-hybridized carbons (Fsp3) is 0.350. The van der Waals surface area contributed by atoms with Crippen LogP contribution in [0.4, 0.5) is 5.69 Å². The average Bonchev–Trinajstić information content (AvgIpc) is 2.73. The molecule has 130 valence electrons. The van der Waals surface area contributed by atoms with Crippen molar-refractivity contribution in [2.75, 3.05) is 18.0 Å². The summed E-state index contributed by atoms with van der Waals surface area (Å²) < 4.78 is 0. The number of pyridine rings is 1. The van der Waals surface area contributed by atoms with E-state index in [2.05, 4.69) is 4.98 Å². The predicted molar refractivity (Wildman–Crippen MR) is 101 cm³/mol. The molecule has 1 aliphatic rings. The lowest BCUT2D eigenvalue weighted by Gasteiger charge is -2.31. The summed E-state index contributed by atoms with van der Waals surface area (Å²) in [5.41, 5.74) is 9.47. The van der Waals surface area contributed by atoms with Gasteiger partial charge in [0.15, 0.2) is 5.78 Å². The van der Waals surface area contributed by atoms with Crippen molar-refractivity contribution in [2.24, 2.45) is 16.1 Å². The minimum atomic E-state index is -0.411. The van der Waals surface area contributed by atoms with Crippen LogP contribution in [0.2, 0.25) is 0 Å². The second kappa shape index (κ2) is 6.76. The summed E-state index contributed by atoms with van der Waals surface area (Å²) in [5.74, 6) is 0.152. The number of para-hydroxylation sites is 1. The Hall–Kier alpha value is -2.53. The third-order valence-corrected chi connectivity index (χ3v) is 4.36. The molecule has 2 N–H and O–H groups in total. The normalized spacial score (nSPS) is 17.5. The lowest BCUT2D eigenvalue weighted by Crippen LogP contribution is -2.48. The first-order valence-electron chi connectivity index (χ1n) is 8.48. The van der Waals surface area contributed by atoms with Gasteiger partial charge in [-0.1, -0.05) is 45.0 Å². The molecule has 1 aromatic carbocycles. The monoisotopic (exact) mass is 336 g/mol. The van der Waals surface area contributed by atoms with Crippen LogP contribution in [-0.4, -0.2) is 35.7 Å². The second-order valence-electron chi connectivity index (χ2n) is 7.29. The number of fused-ring (bicyclic) bond motifs is 1. The van der Waals surface area contributed by atoms with E-state index in [4.69, 9.17) is 10.7 Å². The number of aliphatic imine (C=N–C) groups is 1. The van der Waals surface area contributed by atoms with Gasteiger partial charge in [0, 0.05) is 22.9 Å². The summed E-state index contributed by atoms with van der Waals surface area (Å²) in [7, 11) is 0. The van der Waals surface area contributed by atoms with Crippen LogP contribution < -0.4 is 10.6 Å². The third kappa shape index (κ3) is 3.61. The number of Topliss-reactive ketones (excluding diaryl/α,β-unsaturated/α-hetero) is 1. The van der Waals surface area contributed by atoms with E-state index in [1.165, 1.54) is 0 Å². The lowest BCUT2D eigenvalue weighted by molar-refractivity contribution is -0.124. The summed E-state index contributed by atoms with van der Waals surface area (Å²) in [6.07, 6.45) is 1.40. The van der Waals surface area contributed by atoms with Crippen molar-refractivity contribution in [3.63, 3.8) is 0 Å². The van der Waals surface area contributed by atoms with Gasteiger partial charge < -0.3 is 10.6 Å². The lowest BCUT2D eigenvalue weighted by atomic mass is 9.90. The van der Waals surface area contributed by atoms with E-state index < -0.39 is 5.41 Å². The maximum atomic E-state index is 12.6. The van der Waals surface area contributed by atoms with Crippen molar-refractivity contribution in [1.82, 2.24) is 4.98 Å². The fourth-order valence-electron chi connectivity index (χ4n) is 2.79. The van der Waals surface area contributed by atoms with Gasteiger partial charge in [-0.25, -0.2) is 0 Å². The van der Waals surface area contributed by atoms with Crippen LogP contribution in [0, 0.1) is 5.41 Å². The number of rotatable bonds is 3. The standard InChI is InChI=1S/C20H24N4O/c1-20(2,3)17(25)13-24-16-10-5-4-8-14(16)19(23-12-18(24)21)15-9-6-7-11-22-15/h4-11,18H,12-13,21H2,1-3H3. The molecule has 1 aromatic heterocycles. The quantitative estimate of drug-likeness (QED) is 0.935. The molecule has 0 aliphatic carbocycles. The highest BCUT2D eigenvalue weighted by atomic mass is 16.1. The summed E-state index contributed by atoms with van der Waals surface area (Å²) in [5, 5.41) is 0. The Kier molecular flexibility index (Phi) is 4.68. The number of carbonyl (C=O) groups excluding carboxylic acids is 1. The van der Waals surface area contributed by atoms with Crippen LogP contribution in [0.1, 0.15) is 32.0 Å². The van der Waals surface area contributed by atoms with E-state index in [1.54, 1.807) is 6.20 Å². The van der Waals surface area contributed by atoms with Crippen molar-refractivity contribution >= 4 is 17.2 Å². The molecule has 0 radical (unpaired) electrons. The first-order chi connectivity index (χ1) is 11.9. The molecular weight excluding hydrogens is 312 g/mol. The van der Waals surface area contributed by atoms with Crippen molar-refractivity contribution in [1.29, 1.82) is 0 Å². The average molecular weight is 336 g/mol. The van der Waals surface area contributed by atoms with Crippen molar-refractivity contribution < 1.29 is 4.79 Å². The Bertz CT molecular complexity index is 793. The minimum Gasteiger partial charge on any atom is -0.346 e. The number of hydrogen-bond acceptors (Lipinski definition) is 5. The van der Waals surface area contributed by atoms with Crippen molar-refractivity contribution in [2.45, 2.75) is 26.9 Å². The summed E-state index contributed by atoms with van der Waals surface area (Å²) in [4.78, 5) is 23.7. The first-order valence-corrected chi connectivity index (χ1v) is 8.48. The molecule has 1 unspecified atom stereocenters. The topological polar surface area (TPSA) is 71.6 Å². The summed E-state index contributed by atoms with van der Waals surface area (Å²) in [6, 6.07) is 13.7. The molecule has 25 heavy (non-hydrogen) atoms. The van der Waals surface area contributed by atoms with Crippen LogP contribution in [0.5, 0.6) is 0 Å². The van der Waals surface area contributed by atoms with Gasteiger partial charge in [-0.05, 0) is 18.2 Å². The molecule has 0 amide bonds. The second-order valence-corrected chi connectivity index (χ2v) is 7.29. The smallest absolute Gasteiger partial charge is 0.157 e. The largest absolute Gasteiger partial charge is 0.346 e. The number of aromatic nitrogens is 1. The SMILES string of the molecule is CC(C)(C)C(=O)CN1c2ccccc2C(c2ccccn2)=NCC1N. The van der Waals surface area contributed by atoms with E-state index in [1.807, 2.05) is 68.1 Å². The molecule has 1 aliphatic heterocycles. The maximum absolute atomic E-state index is 12.6. The van der Waals surface area contributed by atoms with Crippen LogP contribution >= 0.6 is 0 Å². The van der Waals surface area contributed by atoms with E-state index in [0.29, 0.717) is 6.54 Å². The van der Waals surface area contributed by atoms with Gasteiger partial charge in [-0.3, -0.25) is 14.8 Å². The molecule has 0 spiro atoms. The minimum absolute atomic E-state index is 0.152. The molecule has 0 saturated heterocycles. The fourth-order valence-corrected chi connectivity index (χ4v) is 2.79. The molecular formula is C20H24N4O. The molecule has 0 bridgehead atoms. The van der Waals surface area contributed by atoms with Gasteiger partial charge in [0.25, 0.3) is 0 Å². The van der Waals surface area contributed by atoms with Gasteiger partial charge >= 0.3 is 0 Å². The number of benzene rings is 1. The predicted octanol–water partition coefficient (Wildman–Crippen LogP) is 2.64. The summed E-state index contributed by atoms with van der Waals surface area (Å²) in [6.45, 7) is 6.48. The maximum Gasteiger partial charge on any atom is 0.157 e. The molecule has 5 heteroatoms. The zero-order valence-corrected chi connectivity index (χ0v) is 14.9. The van der Waals surface area contributed by atoms with Crippen LogP contribution in [0.25, 0.3) is 0 Å². The van der Waals surface area contributed by atoms with Gasteiger partial charge in [-0.15, -0.1) is 0 Å². The van der Waals surface area contributed by atoms with Gasteiger partial charge in [0.2, 0.25) is 0 Å². The van der Waals surface area contributed by atoms with E-state index in [9.17, 15) is 4.79 Å². The highest BCUT2D eigenvalue weighted by molar-refractivity contribution is 6.15. The molecule has 2 heterocycles. The van der Waals surface area contributed by atoms with E-state index in [0.717, 1.165) is 22.7 Å². The van der Waals surface area contributed by atoms with Crippen LogP contribution in [0.15, 0.2) is 53.7 Å². The van der Waals surface area contributed by atoms with E-state index >= 15 is 0 Å². The number of hydrogen-bond donors (Lipinski definition) is 1. The van der Waals surface area contributed by atoms with Crippen LogP contribution in [-0.2, 0) is 4.79 Å². The Morgan fingerprint density at radius 1 is 1.20 bits per heavy atom. The Morgan fingerprint density at radius 3 is 2.60 bits per heavy atom. The number of benzodiazepines with no additional fused rings is 1. The number of carbonyl (C=O) groups is 1. The molecule has 0 fully saturated rings. The highest BCUT2D eigenvalue weighted by Crippen LogP contribution is 2.28. The Balaban J connectivity index is 2.04. The molecule has 5 nitrogen and oxygen atoms in total. The Labute approximate surface area is 148 Å². The van der Waals surface area contributed by atoms with Crippen molar-refractivity contribution in [3.8, 4) is 0 Å². The Morgan fingerprint density at radius 2 is 1.92 bits per heavy atom.